The number of piperazine rings is 1. The van der Waals surface area contributed by atoms with Gasteiger partial charge in [0.25, 0.3) is 0 Å². The maximum Gasteiger partial charge on any atom is 0.244 e. The molecule has 0 aliphatic carbocycles. The first-order valence-corrected chi connectivity index (χ1v) is 12.2. The Morgan fingerprint density at radius 1 is 1.14 bits per heavy atom. The van der Waals surface area contributed by atoms with E-state index in [0.29, 0.717) is 31.1 Å². The molecule has 0 atom stereocenters. The number of aromatic nitrogens is 1. The van der Waals surface area contributed by atoms with Crippen LogP contribution in [0.15, 0.2) is 51.4 Å². The van der Waals surface area contributed by atoms with E-state index in [9.17, 15) is 8.42 Å². The highest BCUT2D eigenvalue weighted by atomic mass is 32.2. The number of thiophene rings is 1. The Morgan fingerprint density at radius 2 is 1.96 bits per heavy atom. The fourth-order valence-electron chi connectivity index (χ4n) is 3.18. The zero-order chi connectivity index (χ0) is 19.6. The number of sulfonamides is 1. The number of nitrogens with zero attached hydrogens (tertiary/aromatic N) is 3. The molecule has 0 unspecified atom stereocenters. The lowest BCUT2D eigenvalue weighted by Crippen LogP contribution is -2.48. The lowest BCUT2D eigenvalue weighted by atomic mass is 10.1. The van der Waals surface area contributed by atoms with Gasteiger partial charge in [-0.25, -0.2) is 13.4 Å². The topological polar surface area (TPSA) is 62.7 Å². The van der Waals surface area contributed by atoms with Gasteiger partial charge in [-0.1, -0.05) is 12.1 Å². The van der Waals surface area contributed by atoms with Crippen molar-refractivity contribution in [2.24, 2.45) is 0 Å². The molecule has 6 nitrogen and oxygen atoms in total. The zero-order valence-electron chi connectivity index (χ0n) is 15.4. The number of anilines is 1. The Bertz CT molecular complexity index is 1020. The van der Waals surface area contributed by atoms with Gasteiger partial charge in [0, 0.05) is 43.4 Å². The van der Waals surface area contributed by atoms with Crippen LogP contribution in [-0.2, 0) is 16.4 Å². The molecular formula is C19H21N3O3S3. The van der Waals surface area contributed by atoms with Gasteiger partial charge in [-0.3, -0.25) is 0 Å². The van der Waals surface area contributed by atoms with Crippen molar-refractivity contribution in [2.75, 3.05) is 38.2 Å². The van der Waals surface area contributed by atoms with Crippen LogP contribution in [0.3, 0.4) is 0 Å². The van der Waals surface area contributed by atoms with Crippen molar-refractivity contribution in [1.82, 2.24) is 9.29 Å². The third kappa shape index (κ3) is 4.07. The third-order valence-electron chi connectivity index (χ3n) is 4.70. The van der Waals surface area contributed by atoms with Gasteiger partial charge in [0.05, 0.1) is 17.7 Å². The number of rotatable bonds is 6. The lowest BCUT2D eigenvalue weighted by Gasteiger charge is -2.33. The zero-order valence-corrected chi connectivity index (χ0v) is 17.9. The highest BCUT2D eigenvalue weighted by molar-refractivity contribution is 7.89. The Balaban J connectivity index is 1.39. The van der Waals surface area contributed by atoms with Crippen molar-refractivity contribution in [2.45, 2.75) is 11.3 Å². The Hall–Kier alpha value is -1.94. The van der Waals surface area contributed by atoms with Gasteiger partial charge in [0.15, 0.2) is 5.13 Å². The van der Waals surface area contributed by atoms with E-state index in [1.807, 2.05) is 18.2 Å². The van der Waals surface area contributed by atoms with Gasteiger partial charge in [0.2, 0.25) is 10.0 Å². The molecule has 0 amide bonds. The summed E-state index contributed by atoms with van der Waals surface area (Å²) >= 11 is 3.01. The van der Waals surface area contributed by atoms with E-state index < -0.39 is 10.0 Å². The van der Waals surface area contributed by atoms with Crippen LogP contribution in [0.2, 0.25) is 0 Å². The van der Waals surface area contributed by atoms with Crippen molar-refractivity contribution in [3.63, 3.8) is 0 Å². The minimum Gasteiger partial charge on any atom is -0.497 e. The van der Waals surface area contributed by atoms with Crippen LogP contribution in [0, 0.1) is 0 Å². The van der Waals surface area contributed by atoms with Crippen LogP contribution in [0.4, 0.5) is 5.13 Å². The first kappa shape index (κ1) is 19.4. The number of hydrogen-bond donors (Lipinski definition) is 0. The summed E-state index contributed by atoms with van der Waals surface area (Å²) in [7, 11) is -1.71. The monoisotopic (exact) mass is 435 g/mol. The smallest absolute Gasteiger partial charge is 0.244 e. The molecule has 0 N–H and O–H groups in total. The van der Waals surface area contributed by atoms with Crippen molar-refractivity contribution < 1.29 is 13.2 Å². The van der Waals surface area contributed by atoms with Gasteiger partial charge < -0.3 is 9.64 Å². The molecule has 4 rings (SSSR count). The highest BCUT2D eigenvalue weighted by Gasteiger charge is 2.29. The molecule has 0 saturated carbocycles. The predicted molar refractivity (Wildman–Crippen MR) is 113 cm³/mol. The van der Waals surface area contributed by atoms with Crippen molar-refractivity contribution in [3.8, 4) is 5.75 Å². The van der Waals surface area contributed by atoms with Crippen LogP contribution in [-0.4, -0.2) is 51.0 Å². The Morgan fingerprint density at radius 3 is 2.68 bits per heavy atom. The summed E-state index contributed by atoms with van der Waals surface area (Å²) in [4.78, 5) is 7.31. The molecule has 1 aliphatic rings. The fraction of sp³-hybridized carbons (Fsp3) is 0.316. The summed E-state index contributed by atoms with van der Waals surface area (Å²) in [5.41, 5.74) is 2.17. The fourth-order valence-corrected chi connectivity index (χ4v) is 6.50. The van der Waals surface area contributed by atoms with Crippen LogP contribution >= 0.6 is 22.7 Å². The summed E-state index contributed by atoms with van der Waals surface area (Å²) in [5, 5.41) is 6.50. The van der Waals surface area contributed by atoms with Gasteiger partial charge in [-0.2, -0.15) is 15.6 Å². The van der Waals surface area contributed by atoms with Crippen LogP contribution < -0.4 is 9.64 Å². The van der Waals surface area contributed by atoms with Crippen molar-refractivity contribution >= 4 is 37.8 Å². The molecule has 2 aromatic heterocycles. The van der Waals surface area contributed by atoms with Gasteiger partial charge in [-0.05, 0) is 29.1 Å². The highest BCUT2D eigenvalue weighted by Crippen LogP contribution is 2.26. The number of hydrogen-bond acceptors (Lipinski definition) is 7. The van der Waals surface area contributed by atoms with E-state index in [0.717, 1.165) is 28.6 Å². The van der Waals surface area contributed by atoms with E-state index in [2.05, 4.69) is 16.3 Å². The first-order valence-electron chi connectivity index (χ1n) is 8.91. The number of thiazole rings is 1. The van der Waals surface area contributed by atoms with Gasteiger partial charge in [-0.15, -0.1) is 11.3 Å². The molecule has 1 fully saturated rings. The first-order chi connectivity index (χ1) is 13.6. The van der Waals surface area contributed by atoms with Gasteiger partial charge >= 0.3 is 0 Å². The Kier molecular flexibility index (Phi) is 5.68. The summed E-state index contributed by atoms with van der Waals surface area (Å²) < 4.78 is 32.1. The second kappa shape index (κ2) is 8.20. The molecule has 0 radical (unpaired) electrons. The van der Waals surface area contributed by atoms with Gasteiger partial charge in [0.1, 0.15) is 5.75 Å². The second-order valence-electron chi connectivity index (χ2n) is 6.50. The standard InChI is InChI=1S/C19H21N3O3S3/c1-25-17-4-2-3-15(12-17)11-16-13-27-19(20-16)21-6-8-22(9-7-21)28(23,24)18-5-10-26-14-18/h2-5,10,12-14H,6-9,11H2,1H3. The van der Waals surface area contributed by atoms with E-state index in [1.54, 1.807) is 39.6 Å². The largest absolute Gasteiger partial charge is 0.497 e. The molecular weight excluding hydrogens is 414 g/mol. The molecule has 0 bridgehead atoms. The normalized spacial score (nSPS) is 15.7. The van der Waals surface area contributed by atoms with E-state index >= 15 is 0 Å². The van der Waals surface area contributed by atoms with Crippen LogP contribution in [0.25, 0.3) is 0 Å². The molecule has 9 heteroatoms. The molecule has 0 spiro atoms. The molecule has 1 aliphatic heterocycles. The number of ether oxygens (including phenoxy) is 1. The molecule has 28 heavy (non-hydrogen) atoms. The molecule has 3 heterocycles. The maximum absolute atomic E-state index is 12.6. The summed E-state index contributed by atoms with van der Waals surface area (Å²) in [6.45, 7) is 2.25. The molecule has 1 aromatic carbocycles. The minimum atomic E-state index is -3.38. The quantitative estimate of drug-likeness (QED) is 0.594. The Labute approximate surface area is 173 Å². The van der Waals surface area contributed by atoms with Crippen LogP contribution in [0.1, 0.15) is 11.3 Å². The van der Waals surface area contributed by atoms with Crippen molar-refractivity contribution in [3.05, 3.63) is 57.7 Å². The maximum atomic E-state index is 12.6. The summed E-state index contributed by atoms with van der Waals surface area (Å²) in [6.07, 6.45) is 0.750. The minimum absolute atomic E-state index is 0.390. The number of methoxy groups -OCH3 is 1. The third-order valence-corrected chi connectivity index (χ3v) is 8.38. The van der Waals surface area contributed by atoms with Crippen molar-refractivity contribution in [1.29, 1.82) is 0 Å². The van der Waals surface area contributed by atoms with E-state index in [4.69, 9.17) is 9.72 Å². The van der Waals surface area contributed by atoms with Crippen LogP contribution in [0.5, 0.6) is 5.75 Å². The molecule has 148 valence electrons. The SMILES string of the molecule is COc1cccc(Cc2csc(N3CCN(S(=O)(=O)c4ccsc4)CC3)n2)c1. The van der Waals surface area contributed by atoms with E-state index in [-0.39, 0.29) is 0 Å². The molecule has 3 aromatic rings. The summed E-state index contributed by atoms with van der Waals surface area (Å²) in [6, 6.07) is 9.66. The lowest BCUT2D eigenvalue weighted by molar-refractivity contribution is 0.385. The number of benzene rings is 1. The van der Waals surface area contributed by atoms with E-state index in [1.165, 1.54) is 11.3 Å². The average Bonchev–Trinajstić information content (AvgIpc) is 3.41. The molecule has 1 saturated heterocycles. The predicted octanol–water partition coefficient (Wildman–Crippen LogP) is 3.31. The summed E-state index contributed by atoms with van der Waals surface area (Å²) in [5.74, 6) is 0.843. The second-order valence-corrected chi connectivity index (χ2v) is 10.1. The average molecular weight is 436 g/mol.